The topological polar surface area (TPSA) is 106 Å². The summed E-state index contributed by atoms with van der Waals surface area (Å²) in [6.45, 7) is 1.05. The highest BCUT2D eigenvalue weighted by atomic mass is 16.5. The fourth-order valence-electron chi connectivity index (χ4n) is 2.82. The second-order valence-electron chi connectivity index (χ2n) is 5.82. The standard InChI is InChI=1S/C17H17N5O4/c1-24-15-8-18-9-16(19-15)26-11-4-5-22(10-11)17(23)13-7-12(20-21-13)14-3-2-6-25-14/h2-3,6-9,11H,4-5,10H2,1H3,(H,20,21). The van der Waals surface area contributed by atoms with E-state index in [1.807, 2.05) is 0 Å². The molecule has 3 aromatic heterocycles. The zero-order chi connectivity index (χ0) is 17.9. The maximum atomic E-state index is 12.6. The number of hydrogen-bond acceptors (Lipinski definition) is 7. The van der Waals surface area contributed by atoms with Gasteiger partial charge in [-0.05, 0) is 12.1 Å². The molecule has 9 heteroatoms. The average molecular weight is 355 g/mol. The van der Waals surface area contributed by atoms with Gasteiger partial charge in [-0.25, -0.2) is 0 Å². The number of carbonyl (C=O) groups excluding carboxylic acids is 1. The fourth-order valence-corrected chi connectivity index (χ4v) is 2.82. The average Bonchev–Trinajstić information content (AvgIpc) is 3.41. The van der Waals surface area contributed by atoms with Crippen molar-refractivity contribution in [2.75, 3.05) is 20.2 Å². The molecule has 1 aliphatic heterocycles. The molecule has 1 amide bonds. The van der Waals surface area contributed by atoms with Crippen LogP contribution in [0.15, 0.2) is 41.3 Å². The van der Waals surface area contributed by atoms with E-state index in [9.17, 15) is 4.79 Å². The van der Waals surface area contributed by atoms with Crippen LogP contribution in [-0.4, -0.2) is 57.3 Å². The van der Waals surface area contributed by atoms with Gasteiger partial charge < -0.3 is 18.8 Å². The third kappa shape index (κ3) is 3.23. The molecule has 0 saturated carbocycles. The van der Waals surface area contributed by atoms with Crippen molar-refractivity contribution in [3.63, 3.8) is 0 Å². The van der Waals surface area contributed by atoms with E-state index in [1.165, 1.54) is 19.5 Å². The van der Waals surface area contributed by atoms with Crippen LogP contribution in [0, 0.1) is 0 Å². The van der Waals surface area contributed by atoms with Crippen molar-refractivity contribution in [2.24, 2.45) is 0 Å². The van der Waals surface area contributed by atoms with Crippen LogP contribution in [0.4, 0.5) is 0 Å². The van der Waals surface area contributed by atoms with Crippen molar-refractivity contribution in [2.45, 2.75) is 12.5 Å². The number of likely N-dealkylation sites (tertiary alicyclic amines) is 1. The zero-order valence-electron chi connectivity index (χ0n) is 14.1. The van der Waals surface area contributed by atoms with Crippen LogP contribution in [0.3, 0.4) is 0 Å². The Kier molecular flexibility index (Phi) is 4.26. The number of furan rings is 1. The Morgan fingerprint density at radius 3 is 3.08 bits per heavy atom. The first-order chi connectivity index (χ1) is 12.7. The van der Waals surface area contributed by atoms with Gasteiger partial charge in [-0.1, -0.05) is 0 Å². The molecule has 9 nitrogen and oxygen atoms in total. The maximum absolute atomic E-state index is 12.6. The number of H-pyrrole nitrogens is 1. The molecule has 134 valence electrons. The molecular formula is C17H17N5O4. The van der Waals surface area contributed by atoms with Gasteiger partial charge in [-0.3, -0.25) is 14.9 Å². The summed E-state index contributed by atoms with van der Waals surface area (Å²) in [4.78, 5) is 22.5. The molecule has 0 radical (unpaired) electrons. The predicted molar refractivity (Wildman–Crippen MR) is 89.8 cm³/mol. The summed E-state index contributed by atoms with van der Waals surface area (Å²) < 4.78 is 16.1. The second-order valence-corrected chi connectivity index (χ2v) is 5.82. The zero-order valence-corrected chi connectivity index (χ0v) is 14.1. The molecule has 3 aromatic rings. The van der Waals surface area contributed by atoms with E-state index in [-0.39, 0.29) is 12.0 Å². The highest BCUT2D eigenvalue weighted by Crippen LogP contribution is 2.21. The molecule has 0 aliphatic carbocycles. The van der Waals surface area contributed by atoms with E-state index >= 15 is 0 Å². The summed E-state index contributed by atoms with van der Waals surface area (Å²) in [7, 11) is 1.52. The first-order valence-electron chi connectivity index (χ1n) is 8.14. The molecule has 0 spiro atoms. The molecular weight excluding hydrogens is 338 g/mol. The second kappa shape index (κ2) is 6.87. The molecule has 4 rings (SSSR count). The van der Waals surface area contributed by atoms with Crippen LogP contribution >= 0.6 is 0 Å². The highest BCUT2D eigenvalue weighted by Gasteiger charge is 2.30. The SMILES string of the molecule is COc1cncc(OC2CCN(C(=O)c3cc(-c4ccco4)[nH]n3)C2)n1. The Balaban J connectivity index is 1.39. The molecule has 26 heavy (non-hydrogen) atoms. The van der Waals surface area contributed by atoms with E-state index < -0.39 is 0 Å². The lowest BCUT2D eigenvalue weighted by Crippen LogP contribution is -2.31. The van der Waals surface area contributed by atoms with E-state index in [0.29, 0.717) is 48.4 Å². The number of hydrogen-bond donors (Lipinski definition) is 1. The van der Waals surface area contributed by atoms with Crippen molar-refractivity contribution in [3.05, 3.63) is 42.5 Å². The quantitative estimate of drug-likeness (QED) is 0.743. The van der Waals surface area contributed by atoms with E-state index in [1.54, 1.807) is 29.4 Å². The summed E-state index contributed by atoms with van der Waals surface area (Å²) in [5.74, 6) is 1.25. The number of rotatable bonds is 5. The van der Waals surface area contributed by atoms with Gasteiger partial charge in [0.1, 0.15) is 11.8 Å². The lowest BCUT2D eigenvalue weighted by atomic mass is 10.3. The monoisotopic (exact) mass is 355 g/mol. The molecule has 0 aromatic carbocycles. The molecule has 0 bridgehead atoms. The van der Waals surface area contributed by atoms with Crippen LogP contribution in [0.5, 0.6) is 11.8 Å². The van der Waals surface area contributed by atoms with Crippen LogP contribution in [0.2, 0.25) is 0 Å². The summed E-state index contributed by atoms with van der Waals surface area (Å²) in [5, 5.41) is 6.91. The normalized spacial score (nSPS) is 16.7. The van der Waals surface area contributed by atoms with E-state index in [2.05, 4.69) is 20.2 Å². The summed E-state index contributed by atoms with van der Waals surface area (Å²) >= 11 is 0. The van der Waals surface area contributed by atoms with Gasteiger partial charge in [0.05, 0.1) is 32.3 Å². The minimum Gasteiger partial charge on any atom is -0.480 e. The fraction of sp³-hybridized carbons (Fsp3) is 0.294. The van der Waals surface area contributed by atoms with Crippen LogP contribution in [-0.2, 0) is 0 Å². The van der Waals surface area contributed by atoms with Gasteiger partial charge in [0, 0.05) is 19.0 Å². The van der Waals surface area contributed by atoms with Crippen molar-refractivity contribution < 1.29 is 18.7 Å². The van der Waals surface area contributed by atoms with Crippen LogP contribution in [0.25, 0.3) is 11.5 Å². The lowest BCUT2D eigenvalue weighted by molar-refractivity contribution is 0.0765. The number of methoxy groups -OCH3 is 1. The molecule has 1 aliphatic rings. The van der Waals surface area contributed by atoms with Gasteiger partial charge in [-0.15, -0.1) is 0 Å². The Bertz CT molecular complexity index is 892. The first-order valence-corrected chi connectivity index (χ1v) is 8.14. The van der Waals surface area contributed by atoms with Crippen LogP contribution in [0.1, 0.15) is 16.9 Å². The Hall–Kier alpha value is -3.36. The van der Waals surface area contributed by atoms with Crippen molar-refractivity contribution in [1.82, 2.24) is 25.1 Å². The van der Waals surface area contributed by atoms with Crippen molar-refractivity contribution >= 4 is 5.91 Å². The Labute approximate surface area is 149 Å². The van der Waals surface area contributed by atoms with E-state index in [0.717, 1.165) is 0 Å². The van der Waals surface area contributed by atoms with Gasteiger partial charge >= 0.3 is 0 Å². The van der Waals surface area contributed by atoms with Gasteiger partial charge in [-0.2, -0.15) is 10.1 Å². The first kappa shape index (κ1) is 16.1. The van der Waals surface area contributed by atoms with Crippen LogP contribution < -0.4 is 9.47 Å². The summed E-state index contributed by atoms with van der Waals surface area (Å²) in [6.07, 6.45) is 5.16. The molecule has 1 saturated heterocycles. The highest BCUT2D eigenvalue weighted by molar-refractivity contribution is 5.93. The molecule has 1 fully saturated rings. The molecule has 1 unspecified atom stereocenters. The van der Waals surface area contributed by atoms with E-state index in [4.69, 9.17) is 13.9 Å². The number of ether oxygens (including phenoxy) is 2. The predicted octanol–water partition coefficient (Wildman–Crippen LogP) is 1.76. The molecule has 1 atom stereocenters. The van der Waals surface area contributed by atoms with Gasteiger partial charge in [0.25, 0.3) is 5.91 Å². The van der Waals surface area contributed by atoms with Gasteiger partial charge in [0.15, 0.2) is 11.5 Å². The third-order valence-electron chi connectivity index (χ3n) is 4.10. The Morgan fingerprint density at radius 1 is 1.38 bits per heavy atom. The largest absolute Gasteiger partial charge is 0.480 e. The lowest BCUT2D eigenvalue weighted by Gasteiger charge is -2.15. The maximum Gasteiger partial charge on any atom is 0.274 e. The number of amides is 1. The van der Waals surface area contributed by atoms with Gasteiger partial charge in [0.2, 0.25) is 11.8 Å². The molecule has 4 heterocycles. The molecule has 1 N–H and O–H groups in total. The minimum atomic E-state index is -0.151. The summed E-state index contributed by atoms with van der Waals surface area (Å²) in [6, 6.07) is 5.26. The Morgan fingerprint density at radius 2 is 2.27 bits per heavy atom. The van der Waals surface area contributed by atoms with Crippen molar-refractivity contribution in [3.8, 4) is 23.2 Å². The summed E-state index contributed by atoms with van der Waals surface area (Å²) in [5.41, 5.74) is 1.01. The number of nitrogens with one attached hydrogen (secondary N) is 1. The number of aromatic amines is 1. The number of carbonyl (C=O) groups is 1. The minimum absolute atomic E-state index is 0.149. The number of aromatic nitrogens is 4. The smallest absolute Gasteiger partial charge is 0.274 e. The number of nitrogens with zero attached hydrogens (tertiary/aromatic N) is 4. The third-order valence-corrected chi connectivity index (χ3v) is 4.10. The van der Waals surface area contributed by atoms with Crippen molar-refractivity contribution in [1.29, 1.82) is 0 Å².